The van der Waals surface area contributed by atoms with E-state index in [1.807, 2.05) is 0 Å². The van der Waals surface area contributed by atoms with Crippen molar-refractivity contribution in [3.63, 3.8) is 0 Å². The first kappa shape index (κ1) is 54.3. The molecule has 0 amide bonds. The molecular formula is C44H81O13P. The zero-order valence-electron chi connectivity index (χ0n) is 35.8. The molecule has 13 nitrogen and oxygen atoms in total. The first-order valence-electron chi connectivity index (χ1n) is 22.6. The normalized spacial score (nSPS) is 22.7. The summed E-state index contributed by atoms with van der Waals surface area (Å²) < 4.78 is 33.5. The van der Waals surface area contributed by atoms with Gasteiger partial charge in [-0.3, -0.25) is 18.6 Å². The van der Waals surface area contributed by atoms with Gasteiger partial charge in [-0.2, -0.15) is 0 Å². The van der Waals surface area contributed by atoms with Crippen LogP contribution in [0.25, 0.3) is 0 Å². The number of ether oxygens (including phenoxy) is 2. The zero-order chi connectivity index (χ0) is 42.9. The van der Waals surface area contributed by atoms with E-state index < -0.39 is 75.7 Å². The van der Waals surface area contributed by atoms with E-state index in [9.17, 15) is 44.6 Å². The number of allylic oxidation sites excluding steroid dienone is 4. The average molecular weight is 849 g/mol. The van der Waals surface area contributed by atoms with Crippen LogP contribution in [-0.4, -0.2) is 98.3 Å². The summed E-state index contributed by atoms with van der Waals surface area (Å²) in [6, 6.07) is 0. The van der Waals surface area contributed by atoms with E-state index in [0.29, 0.717) is 12.8 Å². The molecule has 6 N–H and O–H groups in total. The Morgan fingerprint density at radius 2 is 0.879 bits per heavy atom. The summed E-state index contributed by atoms with van der Waals surface area (Å²) in [6.07, 6.45) is 23.8. The summed E-state index contributed by atoms with van der Waals surface area (Å²) >= 11 is 0. The number of esters is 2. The van der Waals surface area contributed by atoms with Crippen molar-refractivity contribution in [2.75, 3.05) is 13.2 Å². The van der Waals surface area contributed by atoms with Crippen molar-refractivity contribution >= 4 is 19.8 Å². The van der Waals surface area contributed by atoms with Crippen LogP contribution < -0.4 is 0 Å². The molecule has 58 heavy (non-hydrogen) atoms. The monoisotopic (exact) mass is 849 g/mol. The molecule has 8 atom stereocenters. The van der Waals surface area contributed by atoms with Crippen molar-refractivity contribution in [1.82, 2.24) is 0 Å². The molecule has 1 aliphatic rings. The zero-order valence-corrected chi connectivity index (χ0v) is 36.7. The lowest BCUT2D eigenvalue weighted by Gasteiger charge is -2.41. The maximum atomic E-state index is 12.8. The number of carbonyl (C=O) groups is 2. The molecule has 0 aliphatic heterocycles. The first-order chi connectivity index (χ1) is 27.9. The first-order valence-corrected chi connectivity index (χ1v) is 24.1. The van der Waals surface area contributed by atoms with Gasteiger partial charge < -0.3 is 39.9 Å². The Kier molecular flexibility index (Phi) is 32.8. The highest BCUT2D eigenvalue weighted by Crippen LogP contribution is 2.47. The summed E-state index contributed by atoms with van der Waals surface area (Å²) in [7, 11) is -5.11. The molecular weight excluding hydrogens is 767 g/mol. The number of aliphatic hydroxyl groups is 5. The van der Waals surface area contributed by atoms with Crippen molar-refractivity contribution < 1.29 is 63.1 Å². The predicted octanol–water partition coefficient (Wildman–Crippen LogP) is 8.45. The summed E-state index contributed by atoms with van der Waals surface area (Å²) in [5.41, 5.74) is 0. The molecule has 0 saturated heterocycles. The molecule has 0 aromatic heterocycles. The van der Waals surface area contributed by atoms with Crippen LogP contribution in [0.2, 0.25) is 0 Å². The minimum Gasteiger partial charge on any atom is -0.462 e. The largest absolute Gasteiger partial charge is 0.472 e. The Hall–Kier alpha value is -1.67. The summed E-state index contributed by atoms with van der Waals surface area (Å²) in [6.45, 7) is 3.25. The third kappa shape index (κ3) is 27.2. The SMILES string of the molecule is CCCCC/C=C/CCCCCCCC(=O)O[C@@H](COC(=O)CCCCCCCCC/C=C/CCCCCCCC)COP(=O)(O)OC1C(O)C(O)C(O)[C@H](O)C1O. The molecule has 0 aromatic carbocycles. The summed E-state index contributed by atoms with van der Waals surface area (Å²) in [4.78, 5) is 35.6. The van der Waals surface area contributed by atoms with Crippen LogP contribution in [0.3, 0.4) is 0 Å². The number of aliphatic hydroxyl groups excluding tert-OH is 5. The van der Waals surface area contributed by atoms with E-state index >= 15 is 0 Å². The fourth-order valence-corrected chi connectivity index (χ4v) is 7.78. The Bertz CT molecular complexity index is 1120. The van der Waals surface area contributed by atoms with Crippen LogP contribution in [0.5, 0.6) is 0 Å². The van der Waals surface area contributed by atoms with Gasteiger partial charge in [0, 0.05) is 12.8 Å². The van der Waals surface area contributed by atoms with E-state index in [1.165, 1.54) is 77.0 Å². The van der Waals surface area contributed by atoms with Crippen LogP contribution in [-0.2, 0) is 32.7 Å². The molecule has 340 valence electrons. The van der Waals surface area contributed by atoms with Crippen molar-refractivity contribution in [2.45, 2.75) is 230 Å². The molecule has 6 unspecified atom stereocenters. The van der Waals surface area contributed by atoms with Crippen LogP contribution in [0.1, 0.15) is 187 Å². The van der Waals surface area contributed by atoms with Gasteiger partial charge in [-0.05, 0) is 64.2 Å². The van der Waals surface area contributed by atoms with Gasteiger partial charge in [0.05, 0.1) is 6.61 Å². The van der Waals surface area contributed by atoms with E-state index in [-0.39, 0.29) is 12.8 Å². The lowest BCUT2D eigenvalue weighted by Crippen LogP contribution is -2.64. The number of hydrogen-bond donors (Lipinski definition) is 6. The molecule has 0 aromatic rings. The van der Waals surface area contributed by atoms with E-state index in [0.717, 1.165) is 70.6 Å². The maximum Gasteiger partial charge on any atom is 0.472 e. The van der Waals surface area contributed by atoms with E-state index in [2.05, 4.69) is 38.2 Å². The predicted molar refractivity (Wildman–Crippen MR) is 226 cm³/mol. The van der Waals surface area contributed by atoms with E-state index in [4.69, 9.17) is 18.5 Å². The summed E-state index contributed by atoms with van der Waals surface area (Å²) in [5, 5.41) is 50.1. The molecule has 0 radical (unpaired) electrons. The highest BCUT2D eigenvalue weighted by atomic mass is 31.2. The van der Waals surface area contributed by atoms with Gasteiger partial charge in [0.25, 0.3) is 0 Å². The fraction of sp³-hybridized carbons (Fsp3) is 0.864. The second kappa shape index (κ2) is 35.0. The number of phosphoric acid groups is 1. The quantitative estimate of drug-likeness (QED) is 0.0150. The summed E-state index contributed by atoms with van der Waals surface area (Å²) in [5.74, 6) is -1.11. The maximum absolute atomic E-state index is 12.8. The molecule has 0 bridgehead atoms. The van der Waals surface area contributed by atoms with Gasteiger partial charge in [-0.1, -0.05) is 134 Å². The van der Waals surface area contributed by atoms with Crippen LogP contribution in [0.4, 0.5) is 0 Å². The third-order valence-corrected chi connectivity index (χ3v) is 11.5. The Labute approximate surface area is 349 Å². The van der Waals surface area contributed by atoms with Gasteiger partial charge >= 0.3 is 19.8 Å². The minimum atomic E-state index is -5.11. The number of phosphoric ester groups is 1. The van der Waals surface area contributed by atoms with Crippen molar-refractivity contribution in [1.29, 1.82) is 0 Å². The Balaban J connectivity index is 2.46. The lowest BCUT2D eigenvalue weighted by atomic mass is 9.85. The molecule has 14 heteroatoms. The Morgan fingerprint density at radius 1 is 0.517 bits per heavy atom. The molecule has 0 heterocycles. The number of hydrogen-bond acceptors (Lipinski definition) is 12. The average Bonchev–Trinajstić information content (AvgIpc) is 3.20. The molecule has 1 rings (SSSR count). The van der Waals surface area contributed by atoms with Crippen molar-refractivity contribution in [2.24, 2.45) is 0 Å². The van der Waals surface area contributed by atoms with Gasteiger partial charge in [-0.25, -0.2) is 4.57 Å². The topological polar surface area (TPSA) is 210 Å². The van der Waals surface area contributed by atoms with E-state index in [1.54, 1.807) is 0 Å². The minimum absolute atomic E-state index is 0.0869. The molecule has 1 aliphatic carbocycles. The number of rotatable bonds is 37. The molecule has 1 fully saturated rings. The second-order valence-corrected chi connectivity index (χ2v) is 17.3. The third-order valence-electron chi connectivity index (χ3n) is 10.5. The number of carbonyl (C=O) groups excluding carboxylic acids is 2. The van der Waals surface area contributed by atoms with Gasteiger partial charge in [0.15, 0.2) is 6.10 Å². The fourth-order valence-electron chi connectivity index (χ4n) is 6.81. The van der Waals surface area contributed by atoms with Gasteiger partial charge in [-0.15, -0.1) is 0 Å². The van der Waals surface area contributed by atoms with Gasteiger partial charge in [0.2, 0.25) is 0 Å². The standard InChI is InChI=1S/C44H81O13P/c1-3-5-7-9-11-13-15-17-18-19-20-21-23-24-26-28-30-32-37(45)54-34-36(56-38(46)33-31-29-27-25-22-16-14-12-10-8-6-4-2)35-55-58(52,53)57-44-42(50)40(48)39(47)41(49)43(44)51/h12,14,17-18,36,39-44,47-51H,3-11,13,15-16,19-35H2,1-2H3,(H,52,53)/b14-12+,18-17+/t36-,39?,40-,41?,42?,43?,44?/m0/s1. The highest BCUT2D eigenvalue weighted by molar-refractivity contribution is 7.47. The number of unbranched alkanes of at least 4 members (excludes halogenated alkanes) is 21. The van der Waals surface area contributed by atoms with Gasteiger partial charge in [0.1, 0.15) is 43.2 Å². The van der Waals surface area contributed by atoms with Crippen molar-refractivity contribution in [3.05, 3.63) is 24.3 Å². The molecule has 0 spiro atoms. The Morgan fingerprint density at radius 3 is 1.34 bits per heavy atom. The van der Waals surface area contributed by atoms with Crippen LogP contribution in [0, 0.1) is 0 Å². The smallest absolute Gasteiger partial charge is 0.462 e. The van der Waals surface area contributed by atoms with Crippen LogP contribution >= 0.6 is 7.82 Å². The highest BCUT2D eigenvalue weighted by Gasteiger charge is 2.51. The second-order valence-electron chi connectivity index (χ2n) is 15.9. The molecule has 1 saturated carbocycles. The lowest BCUT2D eigenvalue weighted by molar-refractivity contribution is -0.220. The van der Waals surface area contributed by atoms with Crippen LogP contribution in [0.15, 0.2) is 24.3 Å². The van der Waals surface area contributed by atoms with Crippen molar-refractivity contribution in [3.8, 4) is 0 Å².